The molecule has 16 heavy (non-hydrogen) atoms. The van der Waals surface area contributed by atoms with Gasteiger partial charge in [0.05, 0.1) is 5.69 Å². The Bertz CT molecular complexity index is 404. The van der Waals surface area contributed by atoms with E-state index >= 15 is 0 Å². The number of nitrogens with one attached hydrogen (secondary N) is 1. The molecule has 0 radical (unpaired) electrons. The Hall–Kier alpha value is -0.480. The Labute approximate surface area is 109 Å². The molecule has 0 bridgehead atoms. The first-order chi connectivity index (χ1) is 7.65. The predicted octanol–water partition coefficient (Wildman–Crippen LogP) is 3.49. The SMILES string of the molecule is O=C(CC1(CS)CC1)Nc1ccccc1Br. The van der Waals surface area contributed by atoms with Crippen LogP contribution in [0.3, 0.4) is 0 Å². The average Bonchev–Trinajstić information content (AvgIpc) is 3.02. The number of hydrogen-bond acceptors (Lipinski definition) is 2. The van der Waals surface area contributed by atoms with Crippen LogP contribution in [0.25, 0.3) is 0 Å². The third-order valence-electron chi connectivity index (χ3n) is 2.98. The quantitative estimate of drug-likeness (QED) is 0.819. The predicted molar refractivity (Wildman–Crippen MR) is 72.9 cm³/mol. The van der Waals surface area contributed by atoms with Gasteiger partial charge in [-0.05, 0) is 52.1 Å². The summed E-state index contributed by atoms with van der Waals surface area (Å²) < 4.78 is 0.916. The van der Waals surface area contributed by atoms with Crippen LogP contribution in [-0.2, 0) is 4.79 Å². The molecule has 1 aliphatic carbocycles. The van der Waals surface area contributed by atoms with Gasteiger partial charge in [-0.25, -0.2) is 0 Å². The molecule has 1 N–H and O–H groups in total. The van der Waals surface area contributed by atoms with Gasteiger partial charge in [-0.15, -0.1) is 0 Å². The minimum atomic E-state index is 0.0819. The monoisotopic (exact) mass is 299 g/mol. The maximum Gasteiger partial charge on any atom is 0.224 e. The van der Waals surface area contributed by atoms with E-state index in [0.29, 0.717) is 6.42 Å². The van der Waals surface area contributed by atoms with Crippen molar-refractivity contribution in [1.29, 1.82) is 0 Å². The first kappa shape index (κ1) is 12.0. The fraction of sp³-hybridized carbons (Fsp3) is 0.417. The van der Waals surface area contributed by atoms with Crippen molar-refractivity contribution >= 4 is 40.2 Å². The number of para-hydroxylation sites is 1. The van der Waals surface area contributed by atoms with E-state index < -0.39 is 0 Å². The van der Waals surface area contributed by atoms with E-state index in [9.17, 15) is 4.79 Å². The normalized spacial score (nSPS) is 16.9. The van der Waals surface area contributed by atoms with E-state index in [2.05, 4.69) is 33.9 Å². The summed E-state index contributed by atoms with van der Waals surface area (Å²) in [6, 6.07) is 7.64. The van der Waals surface area contributed by atoms with E-state index in [0.717, 1.165) is 28.8 Å². The highest BCUT2D eigenvalue weighted by Gasteiger charge is 2.42. The van der Waals surface area contributed by atoms with Crippen LogP contribution in [0.4, 0.5) is 5.69 Å². The highest BCUT2D eigenvalue weighted by molar-refractivity contribution is 9.10. The second-order valence-electron chi connectivity index (χ2n) is 4.36. The van der Waals surface area contributed by atoms with Crippen molar-refractivity contribution in [1.82, 2.24) is 0 Å². The zero-order chi connectivity index (χ0) is 11.6. The van der Waals surface area contributed by atoms with Gasteiger partial charge in [0.2, 0.25) is 5.91 Å². The molecule has 2 nitrogen and oxygen atoms in total. The molecule has 0 aromatic heterocycles. The number of rotatable bonds is 4. The summed E-state index contributed by atoms with van der Waals surface area (Å²) in [5.41, 5.74) is 1.01. The smallest absolute Gasteiger partial charge is 0.224 e. The first-order valence-electron chi connectivity index (χ1n) is 5.30. The van der Waals surface area contributed by atoms with E-state index in [4.69, 9.17) is 0 Å². The number of benzene rings is 1. The van der Waals surface area contributed by atoms with Gasteiger partial charge in [-0.3, -0.25) is 4.79 Å². The van der Waals surface area contributed by atoms with Crippen LogP contribution >= 0.6 is 28.6 Å². The molecule has 1 amide bonds. The van der Waals surface area contributed by atoms with Gasteiger partial charge in [-0.2, -0.15) is 12.6 Å². The fourth-order valence-electron chi connectivity index (χ4n) is 1.67. The molecule has 0 atom stereocenters. The molecule has 1 aliphatic rings. The van der Waals surface area contributed by atoms with Gasteiger partial charge in [0, 0.05) is 10.9 Å². The van der Waals surface area contributed by atoms with Gasteiger partial charge in [0.1, 0.15) is 0 Å². The standard InChI is InChI=1S/C12H14BrNOS/c13-9-3-1-2-4-10(9)14-11(15)7-12(8-16)5-6-12/h1-4,16H,5-8H2,(H,14,15). The maximum atomic E-state index is 11.8. The highest BCUT2D eigenvalue weighted by Crippen LogP contribution is 2.49. The Morgan fingerprint density at radius 2 is 2.12 bits per heavy atom. The van der Waals surface area contributed by atoms with Crippen molar-refractivity contribution < 1.29 is 4.79 Å². The molecular formula is C12H14BrNOS. The third kappa shape index (κ3) is 2.80. The van der Waals surface area contributed by atoms with Crippen LogP contribution in [0, 0.1) is 5.41 Å². The highest BCUT2D eigenvalue weighted by atomic mass is 79.9. The van der Waals surface area contributed by atoms with E-state index in [-0.39, 0.29) is 11.3 Å². The van der Waals surface area contributed by atoms with Crippen molar-refractivity contribution in [3.8, 4) is 0 Å². The maximum absolute atomic E-state index is 11.8. The average molecular weight is 300 g/mol. The number of hydrogen-bond donors (Lipinski definition) is 2. The van der Waals surface area contributed by atoms with Crippen LogP contribution in [0.15, 0.2) is 28.7 Å². The van der Waals surface area contributed by atoms with Crippen molar-refractivity contribution in [2.45, 2.75) is 19.3 Å². The lowest BCUT2D eigenvalue weighted by Gasteiger charge is -2.12. The summed E-state index contributed by atoms with van der Waals surface area (Å²) in [7, 11) is 0. The summed E-state index contributed by atoms with van der Waals surface area (Å²) in [5, 5.41) is 2.92. The lowest BCUT2D eigenvalue weighted by molar-refractivity contribution is -0.117. The molecule has 4 heteroatoms. The topological polar surface area (TPSA) is 29.1 Å². The summed E-state index contributed by atoms with van der Waals surface area (Å²) in [4.78, 5) is 11.8. The number of anilines is 1. The van der Waals surface area contributed by atoms with Crippen LogP contribution < -0.4 is 5.32 Å². The van der Waals surface area contributed by atoms with E-state index in [1.807, 2.05) is 24.3 Å². The molecule has 0 spiro atoms. The number of carbonyl (C=O) groups excluding carboxylic acids is 1. The van der Waals surface area contributed by atoms with Crippen LogP contribution in [-0.4, -0.2) is 11.7 Å². The van der Waals surface area contributed by atoms with Gasteiger partial charge in [0.25, 0.3) is 0 Å². The molecule has 0 heterocycles. The third-order valence-corrected chi connectivity index (χ3v) is 4.34. The molecule has 0 unspecified atom stereocenters. The van der Waals surface area contributed by atoms with Gasteiger partial charge >= 0.3 is 0 Å². The first-order valence-corrected chi connectivity index (χ1v) is 6.73. The van der Waals surface area contributed by atoms with Crippen LogP contribution in [0.1, 0.15) is 19.3 Å². The van der Waals surface area contributed by atoms with Crippen molar-refractivity contribution in [2.24, 2.45) is 5.41 Å². The van der Waals surface area contributed by atoms with E-state index in [1.165, 1.54) is 0 Å². The molecule has 1 aromatic carbocycles. The molecule has 1 aromatic rings. The largest absolute Gasteiger partial charge is 0.325 e. The Kier molecular flexibility index (Phi) is 3.60. The lowest BCUT2D eigenvalue weighted by Crippen LogP contribution is -2.18. The van der Waals surface area contributed by atoms with Crippen molar-refractivity contribution in [2.75, 3.05) is 11.1 Å². The minimum Gasteiger partial charge on any atom is -0.325 e. The Morgan fingerprint density at radius 1 is 1.44 bits per heavy atom. The summed E-state index contributed by atoms with van der Waals surface area (Å²) in [5.74, 6) is 0.884. The Morgan fingerprint density at radius 3 is 2.69 bits per heavy atom. The molecular weight excluding hydrogens is 286 g/mol. The summed E-state index contributed by atoms with van der Waals surface area (Å²) in [6.07, 6.45) is 2.83. The fourth-order valence-corrected chi connectivity index (χ4v) is 2.48. The second kappa shape index (κ2) is 4.80. The summed E-state index contributed by atoms with van der Waals surface area (Å²) >= 11 is 7.70. The molecule has 1 fully saturated rings. The second-order valence-corrected chi connectivity index (χ2v) is 5.53. The summed E-state index contributed by atoms with van der Waals surface area (Å²) in [6.45, 7) is 0. The van der Waals surface area contributed by atoms with Crippen LogP contribution in [0.2, 0.25) is 0 Å². The lowest BCUT2D eigenvalue weighted by atomic mass is 10.1. The molecule has 1 saturated carbocycles. The van der Waals surface area contributed by atoms with Crippen molar-refractivity contribution in [3.05, 3.63) is 28.7 Å². The van der Waals surface area contributed by atoms with Crippen molar-refractivity contribution in [3.63, 3.8) is 0 Å². The van der Waals surface area contributed by atoms with Gasteiger partial charge in [0.15, 0.2) is 0 Å². The van der Waals surface area contributed by atoms with Gasteiger partial charge in [-0.1, -0.05) is 12.1 Å². The number of halogens is 1. The molecule has 0 saturated heterocycles. The zero-order valence-electron chi connectivity index (χ0n) is 8.87. The molecule has 0 aliphatic heterocycles. The van der Waals surface area contributed by atoms with Crippen LogP contribution in [0.5, 0.6) is 0 Å². The molecule has 2 rings (SSSR count). The number of amides is 1. The number of thiol groups is 1. The zero-order valence-corrected chi connectivity index (χ0v) is 11.4. The molecule has 86 valence electrons. The van der Waals surface area contributed by atoms with Gasteiger partial charge < -0.3 is 5.32 Å². The number of carbonyl (C=O) groups is 1. The Balaban J connectivity index is 1.95. The minimum absolute atomic E-state index is 0.0819. The van der Waals surface area contributed by atoms with E-state index in [1.54, 1.807) is 0 Å².